The smallest absolute Gasteiger partial charge is 0.270 e. The molecule has 1 aliphatic rings. The van der Waals surface area contributed by atoms with Gasteiger partial charge in [0.2, 0.25) is 0 Å². The van der Waals surface area contributed by atoms with Crippen LogP contribution < -0.4 is 10.1 Å². The quantitative estimate of drug-likeness (QED) is 0.487. The number of hydrogen-bond donors (Lipinski definition) is 1. The van der Waals surface area contributed by atoms with Crippen molar-refractivity contribution in [1.29, 1.82) is 0 Å². The predicted octanol–water partition coefficient (Wildman–Crippen LogP) is 2.47. The Morgan fingerprint density at radius 1 is 1.20 bits per heavy atom. The number of carbonyl (C=O) groups excluding carboxylic acids is 1. The number of benzene rings is 2. The van der Waals surface area contributed by atoms with Gasteiger partial charge in [-0.2, -0.15) is 5.10 Å². The van der Waals surface area contributed by atoms with E-state index in [1.807, 2.05) is 0 Å². The Balaban J connectivity index is 1.75. The van der Waals surface area contributed by atoms with Gasteiger partial charge in [-0.15, -0.1) is 0 Å². The number of amides is 1. The van der Waals surface area contributed by atoms with Gasteiger partial charge < -0.3 is 10.1 Å². The number of non-ortho nitro benzene ring substituents is 1. The highest BCUT2D eigenvalue weighted by molar-refractivity contribution is 7.90. The molecule has 0 saturated heterocycles. The maximum Gasteiger partial charge on any atom is 0.270 e. The molecule has 0 aliphatic carbocycles. The number of fused-ring (bicyclic) bond motifs is 1. The summed E-state index contributed by atoms with van der Waals surface area (Å²) >= 11 is 0. The number of hydrogen-bond acceptors (Lipinski definition) is 7. The lowest BCUT2D eigenvalue weighted by atomic mass is 10.2. The van der Waals surface area contributed by atoms with Gasteiger partial charge in [-0.1, -0.05) is 6.07 Å². The molecule has 0 fully saturated rings. The number of carbonyl (C=O) groups is 1. The number of rotatable bonds is 5. The molecule has 2 aromatic carbocycles. The molecule has 1 amide bonds. The summed E-state index contributed by atoms with van der Waals surface area (Å²) in [7, 11) is -1.81. The fourth-order valence-electron chi connectivity index (χ4n) is 3.22. The van der Waals surface area contributed by atoms with Gasteiger partial charge in [0.1, 0.15) is 11.6 Å². The van der Waals surface area contributed by atoms with E-state index in [2.05, 4.69) is 10.4 Å². The molecule has 4 rings (SSSR count). The van der Waals surface area contributed by atoms with Crippen LogP contribution in [0.2, 0.25) is 0 Å². The van der Waals surface area contributed by atoms with Gasteiger partial charge >= 0.3 is 0 Å². The molecule has 1 N–H and O–H groups in total. The number of methoxy groups -OCH3 is 1. The van der Waals surface area contributed by atoms with Crippen molar-refractivity contribution in [2.45, 2.75) is 11.5 Å². The molecular formula is C19H16N4O6S. The molecule has 0 unspecified atom stereocenters. The first-order valence-corrected chi connectivity index (χ1v) is 10.6. The minimum atomic E-state index is -3.35. The lowest BCUT2D eigenvalue weighted by Gasteiger charge is -2.11. The fourth-order valence-corrected chi connectivity index (χ4v) is 4.72. The first-order valence-electron chi connectivity index (χ1n) is 8.79. The Hall–Kier alpha value is -3.73. The van der Waals surface area contributed by atoms with E-state index >= 15 is 0 Å². The van der Waals surface area contributed by atoms with E-state index in [1.165, 1.54) is 30.0 Å². The zero-order valence-electron chi connectivity index (χ0n) is 15.7. The third-order valence-corrected chi connectivity index (χ3v) is 6.10. The average molecular weight is 428 g/mol. The van der Waals surface area contributed by atoms with Crippen LogP contribution in [0.15, 0.2) is 48.5 Å². The summed E-state index contributed by atoms with van der Waals surface area (Å²) in [6.45, 7) is 0. The van der Waals surface area contributed by atoms with E-state index in [0.29, 0.717) is 22.7 Å². The molecule has 0 saturated carbocycles. The Labute approximate surface area is 171 Å². The van der Waals surface area contributed by atoms with Gasteiger partial charge in [-0.3, -0.25) is 14.9 Å². The second kappa shape index (κ2) is 7.26. The minimum Gasteiger partial charge on any atom is -0.497 e. The number of nitrogens with one attached hydrogen (secondary N) is 1. The summed E-state index contributed by atoms with van der Waals surface area (Å²) < 4.78 is 30.7. The van der Waals surface area contributed by atoms with Crippen molar-refractivity contribution in [3.8, 4) is 11.4 Å². The van der Waals surface area contributed by atoms with E-state index in [9.17, 15) is 23.3 Å². The maximum absolute atomic E-state index is 12.8. The van der Waals surface area contributed by atoms with E-state index in [4.69, 9.17) is 4.74 Å². The molecule has 0 spiro atoms. The topological polar surface area (TPSA) is 133 Å². The van der Waals surface area contributed by atoms with E-state index in [1.54, 1.807) is 24.3 Å². The maximum atomic E-state index is 12.8. The standard InChI is InChI=1S/C19H16N4O6S/c1-29-15-7-5-13(6-8-15)22-18(16-10-30(27,28)11-17(16)21-22)20-19(24)12-3-2-4-14(9-12)23(25)26/h2-9H,10-11H2,1H3,(H,20,24). The van der Waals surface area contributed by atoms with Crippen LogP contribution in [-0.4, -0.2) is 36.1 Å². The minimum absolute atomic E-state index is 0.0706. The highest BCUT2D eigenvalue weighted by atomic mass is 32.2. The van der Waals surface area contributed by atoms with Crippen molar-refractivity contribution in [1.82, 2.24) is 9.78 Å². The van der Waals surface area contributed by atoms with Crippen LogP contribution in [0.4, 0.5) is 11.5 Å². The summed E-state index contributed by atoms with van der Waals surface area (Å²) in [6.07, 6.45) is 0. The summed E-state index contributed by atoms with van der Waals surface area (Å²) in [5, 5.41) is 18.1. The van der Waals surface area contributed by atoms with Crippen molar-refractivity contribution >= 4 is 27.2 Å². The van der Waals surface area contributed by atoms with Crippen LogP contribution in [0.25, 0.3) is 5.69 Å². The molecule has 1 aromatic heterocycles. The Morgan fingerprint density at radius 2 is 1.93 bits per heavy atom. The lowest BCUT2D eigenvalue weighted by Crippen LogP contribution is -2.17. The molecule has 0 atom stereocenters. The molecule has 30 heavy (non-hydrogen) atoms. The molecule has 0 bridgehead atoms. The summed E-state index contributed by atoms with van der Waals surface area (Å²) in [5.74, 6) is -0.231. The Bertz CT molecular complexity index is 1260. The molecule has 10 nitrogen and oxygen atoms in total. The van der Waals surface area contributed by atoms with E-state index in [0.717, 1.165) is 6.07 Å². The molecule has 11 heteroatoms. The second-order valence-electron chi connectivity index (χ2n) is 6.68. The third-order valence-electron chi connectivity index (χ3n) is 4.66. The van der Waals surface area contributed by atoms with Gasteiger partial charge in [-0.25, -0.2) is 13.1 Å². The molecule has 0 radical (unpaired) electrons. The van der Waals surface area contributed by atoms with Crippen molar-refractivity contribution < 1.29 is 22.9 Å². The summed E-state index contributed by atoms with van der Waals surface area (Å²) in [5.41, 5.74) is 1.21. The van der Waals surface area contributed by atoms with Gasteiger partial charge in [0.25, 0.3) is 11.6 Å². The van der Waals surface area contributed by atoms with E-state index < -0.39 is 20.7 Å². The van der Waals surface area contributed by atoms with Crippen LogP contribution in [0.3, 0.4) is 0 Å². The van der Waals surface area contributed by atoms with E-state index in [-0.39, 0.29) is 28.6 Å². The molecule has 3 aromatic rings. The zero-order valence-corrected chi connectivity index (χ0v) is 16.5. The average Bonchev–Trinajstić information content (AvgIpc) is 3.20. The largest absolute Gasteiger partial charge is 0.497 e. The lowest BCUT2D eigenvalue weighted by molar-refractivity contribution is -0.384. The van der Waals surface area contributed by atoms with Crippen LogP contribution in [0.1, 0.15) is 21.6 Å². The molecular weight excluding hydrogens is 412 g/mol. The van der Waals surface area contributed by atoms with Crippen molar-refractivity contribution in [2.24, 2.45) is 0 Å². The monoisotopic (exact) mass is 428 g/mol. The first kappa shape index (κ1) is 19.6. The number of aromatic nitrogens is 2. The predicted molar refractivity (Wildman–Crippen MR) is 107 cm³/mol. The van der Waals surface area contributed by atoms with Gasteiger partial charge in [0, 0.05) is 23.3 Å². The second-order valence-corrected chi connectivity index (χ2v) is 8.74. The zero-order chi connectivity index (χ0) is 21.5. The van der Waals surface area contributed by atoms with Crippen LogP contribution in [0, 0.1) is 10.1 Å². The third kappa shape index (κ3) is 3.62. The number of anilines is 1. The van der Waals surface area contributed by atoms with Crippen LogP contribution >= 0.6 is 0 Å². The van der Waals surface area contributed by atoms with Gasteiger partial charge in [-0.05, 0) is 30.3 Å². The number of ether oxygens (including phenoxy) is 1. The van der Waals surface area contributed by atoms with Crippen molar-refractivity contribution in [2.75, 3.05) is 12.4 Å². The molecule has 2 heterocycles. The fraction of sp³-hybridized carbons (Fsp3) is 0.158. The Morgan fingerprint density at radius 3 is 2.60 bits per heavy atom. The molecule has 154 valence electrons. The van der Waals surface area contributed by atoms with Gasteiger partial charge in [0.15, 0.2) is 9.84 Å². The summed E-state index contributed by atoms with van der Waals surface area (Å²) in [4.78, 5) is 23.2. The SMILES string of the molecule is COc1ccc(-n2nc3c(c2NC(=O)c2cccc([N+](=O)[O-])c2)CS(=O)(=O)C3)cc1. The highest BCUT2D eigenvalue weighted by Crippen LogP contribution is 2.33. The van der Waals surface area contributed by atoms with Crippen LogP contribution in [0.5, 0.6) is 5.75 Å². The normalized spacial score (nSPS) is 14.2. The number of sulfone groups is 1. The van der Waals surface area contributed by atoms with Crippen LogP contribution in [-0.2, 0) is 21.3 Å². The number of nitro groups is 1. The summed E-state index contributed by atoms with van der Waals surface area (Å²) in [6, 6.07) is 12.1. The highest BCUT2D eigenvalue weighted by Gasteiger charge is 2.33. The number of nitrogens with zero attached hydrogens (tertiary/aromatic N) is 3. The van der Waals surface area contributed by atoms with Gasteiger partial charge in [0.05, 0.1) is 34.9 Å². The number of nitro benzene ring substituents is 1. The van der Waals surface area contributed by atoms with Crippen molar-refractivity contribution in [3.05, 3.63) is 75.5 Å². The Kier molecular flexibility index (Phi) is 4.74. The van der Waals surface area contributed by atoms with Crippen molar-refractivity contribution in [3.63, 3.8) is 0 Å². The first-order chi connectivity index (χ1) is 14.3. The molecule has 1 aliphatic heterocycles.